The molecule has 0 atom stereocenters. The van der Waals surface area contributed by atoms with Crippen LogP contribution in [0.25, 0.3) is 22.4 Å². The number of hydrogen-bond acceptors (Lipinski definition) is 4. The molecule has 1 aliphatic rings. The maximum Gasteiger partial charge on any atom is 0.129 e. The molecule has 4 aromatic rings. The number of anilines is 1. The van der Waals surface area contributed by atoms with Crippen LogP contribution in [0.15, 0.2) is 104 Å². The summed E-state index contributed by atoms with van der Waals surface area (Å²) < 4.78 is 6.43. The van der Waals surface area contributed by atoms with Crippen LogP contribution in [-0.2, 0) is 5.41 Å². The number of pyridine rings is 1. The van der Waals surface area contributed by atoms with E-state index in [1.165, 1.54) is 11.1 Å². The molecule has 2 heterocycles. The number of ether oxygens (including phenoxy) is 1. The van der Waals surface area contributed by atoms with Crippen molar-refractivity contribution in [2.45, 2.75) is 26.2 Å². The number of hydrogen-bond donors (Lipinski definition) is 0. The maximum atomic E-state index is 6.43. The van der Waals surface area contributed by atoms with Crippen molar-refractivity contribution in [2.75, 3.05) is 18.6 Å². The largest absolute Gasteiger partial charge is 0.457 e. The van der Waals surface area contributed by atoms with E-state index in [0.29, 0.717) is 0 Å². The lowest BCUT2D eigenvalue weighted by atomic mass is 9.85. The second-order valence-corrected chi connectivity index (χ2v) is 10.1. The Morgan fingerprint density at radius 1 is 0.743 bits per heavy atom. The van der Waals surface area contributed by atoms with Crippen molar-refractivity contribution in [1.29, 1.82) is 0 Å². The molecule has 4 nitrogen and oxygen atoms in total. The Morgan fingerprint density at radius 2 is 1.57 bits per heavy atom. The topological polar surface area (TPSA) is 28.6 Å². The molecule has 176 valence electrons. The van der Waals surface area contributed by atoms with E-state index in [1.54, 1.807) is 0 Å². The average molecular weight is 462 g/mol. The molecule has 4 heteroatoms. The van der Waals surface area contributed by atoms with Gasteiger partial charge in [0.05, 0.1) is 12.4 Å². The summed E-state index contributed by atoms with van der Waals surface area (Å²) in [7, 11) is 2.07. The van der Waals surface area contributed by atoms with Crippen molar-refractivity contribution < 1.29 is 4.74 Å². The highest BCUT2D eigenvalue weighted by Gasteiger charge is 2.18. The van der Waals surface area contributed by atoms with Crippen LogP contribution in [0.3, 0.4) is 0 Å². The Labute approximate surface area is 208 Å². The van der Waals surface area contributed by atoms with Crippen molar-refractivity contribution in [3.63, 3.8) is 0 Å². The number of aromatic nitrogens is 1. The highest BCUT2D eigenvalue weighted by Crippen LogP contribution is 2.35. The summed E-state index contributed by atoms with van der Waals surface area (Å²) in [5.74, 6) is 1.62. The van der Waals surface area contributed by atoms with Gasteiger partial charge in [-0.3, -0.25) is 4.98 Å². The molecule has 0 saturated heterocycles. The third kappa shape index (κ3) is 5.22. The Bertz CT molecular complexity index is 1360. The maximum absolute atomic E-state index is 6.43. The first-order valence-corrected chi connectivity index (χ1v) is 12.0. The summed E-state index contributed by atoms with van der Waals surface area (Å²) in [5, 5.41) is 0. The van der Waals surface area contributed by atoms with Gasteiger partial charge in [0.2, 0.25) is 0 Å². The molecule has 0 aliphatic carbocycles. The Hall–Kier alpha value is -4.05. The lowest BCUT2D eigenvalue weighted by Gasteiger charge is -2.22. The lowest BCUT2D eigenvalue weighted by molar-refractivity contribution is 0.477. The fourth-order valence-corrected chi connectivity index (χ4v) is 4.20. The van der Waals surface area contributed by atoms with E-state index in [4.69, 9.17) is 9.72 Å². The van der Waals surface area contributed by atoms with E-state index >= 15 is 0 Å². The van der Waals surface area contributed by atoms with E-state index in [0.717, 1.165) is 40.7 Å². The minimum atomic E-state index is -0.0298. The van der Waals surface area contributed by atoms with Crippen LogP contribution in [0.5, 0.6) is 11.5 Å². The van der Waals surface area contributed by atoms with Gasteiger partial charge in [0.15, 0.2) is 0 Å². The molecular weight excluding hydrogens is 430 g/mol. The molecule has 1 aromatic heterocycles. The summed E-state index contributed by atoms with van der Waals surface area (Å²) in [6.07, 6.45) is 6.04. The van der Waals surface area contributed by atoms with Crippen LogP contribution in [0.2, 0.25) is 0 Å². The molecular formula is C31H31N3O. The molecule has 0 spiro atoms. The number of benzene rings is 3. The summed E-state index contributed by atoms with van der Waals surface area (Å²) in [6.45, 7) is 7.50. The van der Waals surface area contributed by atoms with Gasteiger partial charge >= 0.3 is 0 Å². The van der Waals surface area contributed by atoms with Gasteiger partial charge in [0.1, 0.15) is 11.5 Å². The minimum Gasteiger partial charge on any atom is -0.457 e. The normalized spacial score (nSPS) is 13.4. The van der Waals surface area contributed by atoms with E-state index in [2.05, 4.69) is 117 Å². The highest BCUT2D eigenvalue weighted by molar-refractivity contribution is 5.71. The van der Waals surface area contributed by atoms with E-state index in [9.17, 15) is 0 Å². The van der Waals surface area contributed by atoms with Crippen molar-refractivity contribution in [2.24, 2.45) is 0 Å². The summed E-state index contributed by atoms with van der Waals surface area (Å²) in [5.41, 5.74) is 6.59. The minimum absolute atomic E-state index is 0.0298. The van der Waals surface area contributed by atoms with Crippen LogP contribution in [-0.4, -0.2) is 23.6 Å². The predicted octanol–water partition coefficient (Wildman–Crippen LogP) is 7.69. The second kappa shape index (κ2) is 9.30. The lowest BCUT2D eigenvalue weighted by Crippen LogP contribution is -2.21. The van der Waals surface area contributed by atoms with Crippen LogP contribution >= 0.6 is 0 Å². The zero-order valence-corrected chi connectivity index (χ0v) is 20.8. The zero-order chi connectivity index (χ0) is 24.4. The molecule has 1 aliphatic heterocycles. The molecule has 5 rings (SSSR count). The summed E-state index contributed by atoms with van der Waals surface area (Å²) in [4.78, 5) is 9.04. The molecule has 0 saturated carbocycles. The van der Waals surface area contributed by atoms with E-state index in [1.807, 2.05) is 24.4 Å². The number of nitrogens with zero attached hydrogens (tertiary/aromatic N) is 3. The molecule has 0 radical (unpaired) electrons. The molecule has 0 fully saturated rings. The first-order chi connectivity index (χ1) is 16.8. The quantitative estimate of drug-likeness (QED) is 0.305. The fourth-order valence-electron chi connectivity index (χ4n) is 4.20. The van der Waals surface area contributed by atoms with Gasteiger partial charge in [-0.25, -0.2) is 0 Å². The van der Waals surface area contributed by atoms with E-state index in [-0.39, 0.29) is 5.41 Å². The van der Waals surface area contributed by atoms with Gasteiger partial charge < -0.3 is 14.5 Å². The van der Waals surface area contributed by atoms with Crippen molar-refractivity contribution >= 4 is 5.69 Å². The average Bonchev–Trinajstić information content (AvgIpc) is 3.30. The first kappa shape index (κ1) is 22.7. The monoisotopic (exact) mass is 461 g/mol. The summed E-state index contributed by atoms with van der Waals surface area (Å²) >= 11 is 0. The second-order valence-electron chi connectivity index (χ2n) is 10.1. The molecule has 35 heavy (non-hydrogen) atoms. The Kier molecular flexibility index (Phi) is 6.04. The van der Waals surface area contributed by atoms with Gasteiger partial charge in [0.25, 0.3) is 0 Å². The fraction of sp³-hybridized carbons (Fsp3) is 0.194. The van der Waals surface area contributed by atoms with Crippen molar-refractivity contribution in [3.05, 3.63) is 109 Å². The van der Waals surface area contributed by atoms with Gasteiger partial charge in [-0.1, -0.05) is 57.2 Å². The third-order valence-electron chi connectivity index (χ3n) is 6.20. The van der Waals surface area contributed by atoms with Gasteiger partial charge in [-0.05, 0) is 64.6 Å². The molecule has 0 amide bonds. The van der Waals surface area contributed by atoms with E-state index < -0.39 is 0 Å². The molecule has 0 N–H and O–H groups in total. The van der Waals surface area contributed by atoms with Gasteiger partial charge in [-0.15, -0.1) is 0 Å². The summed E-state index contributed by atoms with van der Waals surface area (Å²) in [6, 6.07) is 29.3. The van der Waals surface area contributed by atoms with Crippen LogP contribution in [0.4, 0.5) is 5.69 Å². The molecule has 0 unspecified atom stereocenters. The van der Waals surface area contributed by atoms with Gasteiger partial charge in [0, 0.05) is 43.0 Å². The van der Waals surface area contributed by atoms with Gasteiger partial charge in [-0.2, -0.15) is 0 Å². The highest BCUT2D eigenvalue weighted by atomic mass is 16.5. The van der Waals surface area contributed by atoms with Crippen LogP contribution in [0, 0.1) is 0 Å². The van der Waals surface area contributed by atoms with Crippen molar-refractivity contribution in [1.82, 2.24) is 9.88 Å². The Morgan fingerprint density at radius 3 is 2.31 bits per heavy atom. The zero-order valence-electron chi connectivity index (χ0n) is 20.8. The third-order valence-corrected chi connectivity index (χ3v) is 6.20. The first-order valence-electron chi connectivity index (χ1n) is 12.0. The Balaban J connectivity index is 1.50. The smallest absolute Gasteiger partial charge is 0.129 e. The van der Waals surface area contributed by atoms with Crippen molar-refractivity contribution in [3.8, 4) is 33.9 Å². The molecule has 3 aromatic carbocycles. The predicted molar refractivity (Wildman–Crippen MR) is 145 cm³/mol. The standard InChI is InChI=1S/C31H31N3O/c1-31(2,3)26-17-25(30-19-24(13-14-32-30)23-9-6-5-7-10-23)18-29(20-26)35-28-12-8-11-27(21-28)34-16-15-33(4)22-34/h5-21H,22H2,1-4H3. The van der Waals surface area contributed by atoms with Crippen LogP contribution in [0.1, 0.15) is 26.3 Å². The molecule has 0 bridgehead atoms. The van der Waals surface area contributed by atoms with Crippen LogP contribution < -0.4 is 9.64 Å². The SMILES string of the molecule is CN1C=CN(c2cccc(Oc3cc(-c4cc(-c5ccccc5)ccn4)cc(C(C)(C)C)c3)c2)C1. The number of rotatable bonds is 5.